The van der Waals surface area contributed by atoms with Crippen molar-refractivity contribution in [2.24, 2.45) is 0 Å². The molecule has 2 aromatic rings. The van der Waals surface area contributed by atoms with Gasteiger partial charge in [0.05, 0.1) is 15.7 Å². The Morgan fingerprint density at radius 3 is 2.33 bits per heavy atom. The summed E-state index contributed by atoms with van der Waals surface area (Å²) >= 11 is 17.4. The summed E-state index contributed by atoms with van der Waals surface area (Å²) in [5.74, 6) is -2.19. The van der Waals surface area contributed by atoms with Crippen LogP contribution in [0.15, 0.2) is 41.3 Å². The summed E-state index contributed by atoms with van der Waals surface area (Å²) in [5.41, 5.74) is -0.125. The van der Waals surface area contributed by atoms with Gasteiger partial charge in [0.25, 0.3) is 10.0 Å². The zero-order valence-electron chi connectivity index (χ0n) is 11.7. The molecule has 0 saturated heterocycles. The van der Waals surface area contributed by atoms with E-state index in [2.05, 4.69) is 0 Å². The number of nitrogens with zero attached hydrogens (tertiary/aromatic N) is 1. The van der Waals surface area contributed by atoms with Gasteiger partial charge in [0.1, 0.15) is 17.3 Å². The maximum Gasteiger partial charge on any atom is 0.324 e. The predicted molar refractivity (Wildman–Crippen MR) is 90.0 cm³/mol. The number of benzene rings is 2. The fraction of sp³-hybridized carbons (Fsp3) is 0.0714. The molecule has 0 amide bonds. The molecule has 10 heteroatoms. The van der Waals surface area contributed by atoms with Gasteiger partial charge in [-0.25, -0.2) is 12.8 Å². The second-order valence-corrected chi connectivity index (χ2v) is 7.66. The van der Waals surface area contributed by atoms with Gasteiger partial charge in [-0.3, -0.25) is 9.10 Å². The highest BCUT2D eigenvalue weighted by Gasteiger charge is 2.29. The summed E-state index contributed by atoms with van der Waals surface area (Å²) in [5, 5.41) is 8.65. The number of sulfonamides is 1. The number of hydrogen-bond donors (Lipinski definition) is 1. The molecule has 0 aromatic heterocycles. The lowest BCUT2D eigenvalue weighted by Crippen LogP contribution is -2.36. The minimum Gasteiger partial charge on any atom is -0.480 e. The van der Waals surface area contributed by atoms with Crippen molar-refractivity contribution in [2.75, 3.05) is 10.8 Å². The van der Waals surface area contributed by atoms with Gasteiger partial charge in [0.2, 0.25) is 0 Å². The van der Waals surface area contributed by atoms with Crippen LogP contribution in [0.3, 0.4) is 0 Å². The number of halogens is 4. The van der Waals surface area contributed by atoms with E-state index in [0.717, 1.165) is 24.3 Å². The highest BCUT2D eigenvalue weighted by atomic mass is 35.5. The minimum absolute atomic E-state index is 0.102. The van der Waals surface area contributed by atoms with Crippen LogP contribution in [0.4, 0.5) is 10.1 Å². The first-order chi connectivity index (χ1) is 11.1. The van der Waals surface area contributed by atoms with E-state index in [0.29, 0.717) is 4.31 Å². The number of rotatable bonds is 5. The molecular weight excluding hydrogens is 404 g/mol. The fourth-order valence-corrected chi connectivity index (χ4v) is 4.19. The third-order valence-electron chi connectivity index (χ3n) is 2.93. The van der Waals surface area contributed by atoms with E-state index in [-0.39, 0.29) is 25.7 Å². The minimum atomic E-state index is -4.38. The Labute approximate surface area is 152 Å². The average Bonchev–Trinajstić information content (AvgIpc) is 2.50. The Morgan fingerprint density at radius 1 is 1.08 bits per heavy atom. The molecule has 0 radical (unpaired) electrons. The van der Waals surface area contributed by atoms with Crippen LogP contribution in [0.25, 0.3) is 0 Å². The van der Waals surface area contributed by atoms with Crippen molar-refractivity contribution in [3.8, 4) is 0 Å². The first kappa shape index (κ1) is 18.8. The number of aliphatic carboxylic acids is 1. The van der Waals surface area contributed by atoms with Crippen LogP contribution in [-0.4, -0.2) is 26.0 Å². The molecule has 2 rings (SSSR count). The Balaban J connectivity index is 2.64. The van der Waals surface area contributed by atoms with E-state index in [1.165, 1.54) is 12.1 Å². The smallest absolute Gasteiger partial charge is 0.324 e. The van der Waals surface area contributed by atoms with Gasteiger partial charge < -0.3 is 5.11 Å². The van der Waals surface area contributed by atoms with Gasteiger partial charge in [0, 0.05) is 5.02 Å². The number of hydrogen-bond acceptors (Lipinski definition) is 3. The molecule has 24 heavy (non-hydrogen) atoms. The molecule has 0 atom stereocenters. The van der Waals surface area contributed by atoms with Gasteiger partial charge in [-0.2, -0.15) is 0 Å². The molecule has 0 saturated carbocycles. The molecule has 128 valence electrons. The Morgan fingerprint density at radius 2 is 1.75 bits per heavy atom. The largest absolute Gasteiger partial charge is 0.480 e. The average molecular weight is 413 g/mol. The Kier molecular flexibility index (Phi) is 5.59. The highest BCUT2D eigenvalue weighted by molar-refractivity contribution is 7.93. The van der Waals surface area contributed by atoms with Gasteiger partial charge >= 0.3 is 5.97 Å². The zero-order valence-corrected chi connectivity index (χ0v) is 14.8. The molecule has 5 nitrogen and oxygen atoms in total. The van der Waals surface area contributed by atoms with Crippen LogP contribution in [-0.2, 0) is 14.8 Å². The third-order valence-corrected chi connectivity index (χ3v) is 5.71. The maximum absolute atomic E-state index is 13.3. The first-order valence-electron chi connectivity index (χ1n) is 6.27. The van der Waals surface area contributed by atoms with E-state index in [9.17, 15) is 17.6 Å². The normalized spacial score (nSPS) is 11.3. The van der Waals surface area contributed by atoms with E-state index in [1.807, 2.05) is 0 Å². The van der Waals surface area contributed by atoms with Crippen LogP contribution in [0, 0.1) is 5.82 Å². The molecular formula is C14H9Cl3FNO4S. The standard InChI is InChI=1S/C14H9Cl3FNO4S/c15-8-1-3-10(16)13(5-8)24(22,23)19(7-14(20)21)9-2-4-12(18)11(17)6-9/h1-6H,7H2,(H,20,21). The second kappa shape index (κ2) is 7.14. The van der Waals surface area contributed by atoms with E-state index < -0.39 is 28.4 Å². The molecule has 1 N–H and O–H groups in total. The number of carboxylic acid groups (broad SMARTS) is 1. The SMILES string of the molecule is O=C(O)CN(c1ccc(F)c(Cl)c1)S(=O)(=O)c1cc(Cl)ccc1Cl. The van der Waals surface area contributed by atoms with Crippen molar-refractivity contribution in [1.82, 2.24) is 0 Å². The molecule has 0 aliphatic heterocycles. The quantitative estimate of drug-likeness (QED) is 0.803. The van der Waals surface area contributed by atoms with Gasteiger partial charge in [-0.05, 0) is 36.4 Å². The Hall–Kier alpha value is -1.54. The lowest BCUT2D eigenvalue weighted by atomic mass is 10.3. The number of carboxylic acids is 1. The van der Waals surface area contributed by atoms with Gasteiger partial charge in [-0.15, -0.1) is 0 Å². The molecule has 0 aliphatic rings. The summed E-state index contributed by atoms with van der Waals surface area (Å²) < 4.78 is 39.5. The number of carbonyl (C=O) groups is 1. The molecule has 0 aliphatic carbocycles. The first-order valence-corrected chi connectivity index (χ1v) is 8.85. The van der Waals surface area contributed by atoms with E-state index in [1.54, 1.807) is 0 Å². The molecule has 0 heterocycles. The Bertz CT molecular complexity index is 905. The van der Waals surface area contributed by atoms with Crippen LogP contribution in [0.2, 0.25) is 15.1 Å². The van der Waals surface area contributed by atoms with Crippen molar-refractivity contribution in [2.45, 2.75) is 4.90 Å². The van der Waals surface area contributed by atoms with Crippen molar-refractivity contribution >= 4 is 56.5 Å². The van der Waals surface area contributed by atoms with Crippen molar-refractivity contribution in [3.05, 3.63) is 57.3 Å². The summed E-state index contributed by atoms with van der Waals surface area (Å²) in [6.45, 7) is -0.910. The van der Waals surface area contributed by atoms with Crippen LogP contribution >= 0.6 is 34.8 Å². The maximum atomic E-state index is 13.3. The van der Waals surface area contributed by atoms with Crippen LogP contribution in [0.5, 0.6) is 0 Å². The predicted octanol–water partition coefficient (Wildman–Crippen LogP) is 4.07. The van der Waals surface area contributed by atoms with Crippen molar-refractivity contribution in [1.29, 1.82) is 0 Å². The van der Waals surface area contributed by atoms with E-state index >= 15 is 0 Å². The molecule has 0 bridgehead atoms. The summed E-state index contributed by atoms with van der Waals surface area (Å²) in [6, 6.07) is 6.80. The molecule has 0 unspecified atom stereocenters. The number of anilines is 1. The summed E-state index contributed by atoms with van der Waals surface area (Å²) in [7, 11) is -4.38. The van der Waals surface area contributed by atoms with E-state index in [4.69, 9.17) is 39.9 Å². The monoisotopic (exact) mass is 411 g/mol. The lowest BCUT2D eigenvalue weighted by molar-refractivity contribution is -0.135. The second-order valence-electron chi connectivity index (χ2n) is 4.58. The molecule has 0 spiro atoms. The van der Waals surface area contributed by atoms with Crippen molar-refractivity contribution in [3.63, 3.8) is 0 Å². The van der Waals surface area contributed by atoms with Crippen LogP contribution in [0.1, 0.15) is 0 Å². The summed E-state index contributed by atoms with van der Waals surface area (Å²) in [6.07, 6.45) is 0. The summed E-state index contributed by atoms with van der Waals surface area (Å²) in [4.78, 5) is 10.7. The van der Waals surface area contributed by atoms with Crippen LogP contribution < -0.4 is 4.31 Å². The molecule has 2 aromatic carbocycles. The molecule has 0 fully saturated rings. The van der Waals surface area contributed by atoms with Gasteiger partial charge in [-0.1, -0.05) is 34.8 Å². The van der Waals surface area contributed by atoms with Gasteiger partial charge in [0.15, 0.2) is 0 Å². The topological polar surface area (TPSA) is 74.7 Å². The highest BCUT2D eigenvalue weighted by Crippen LogP contribution is 2.32. The van der Waals surface area contributed by atoms with Crippen molar-refractivity contribution < 1.29 is 22.7 Å². The fourth-order valence-electron chi connectivity index (χ4n) is 1.87. The lowest BCUT2D eigenvalue weighted by Gasteiger charge is -2.23. The third kappa shape index (κ3) is 3.92. The zero-order chi connectivity index (χ0) is 18.1.